The monoisotopic (exact) mass is 645 g/mol. The van der Waals surface area contributed by atoms with E-state index in [0.29, 0.717) is 22.3 Å². The third-order valence-electron chi connectivity index (χ3n) is 8.74. The number of rotatable bonds is 10. The second kappa shape index (κ2) is 12.4. The van der Waals surface area contributed by atoms with Gasteiger partial charge in [0.15, 0.2) is 0 Å². The first-order chi connectivity index (χ1) is 22.3. The zero-order valence-electron chi connectivity index (χ0n) is 25.5. The second-order valence-electron chi connectivity index (χ2n) is 11.5. The Labute approximate surface area is 275 Å². The Balaban J connectivity index is 1.11. The maximum atomic E-state index is 12.6. The van der Waals surface area contributed by atoms with Gasteiger partial charge in [-0.1, -0.05) is 48.5 Å². The summed E-state index contributed by atoms with van der Waals surface area (Å²) in [7, 11) is 3.03. The Morgan fingerprint density at radius 3 is 1.46 bits per heavy atom. The van der Waals surface area contributed by atoms with Gasteiger partial charge in [0.2, 0.25) is 0 Å². The predicted octanol–water partition coefficient (Wildman–Crippen LogP) is 6.83. The van der Waals surface area contributed by atoms with Crippen molar-refractivity contribution in [1.82, 2.24) is 14.7 Å². The molecular weight excluding hydrogens is 615 g/mol. The molecule has 4 amide bonds. The summed E-state index contributed by atoms with van der Waals surface area (Å²) >= 11 is 3.35. The molecule has 2 aliphatic heterocycles. The molecule has 0 spiro atoms. The van der Waals surface area contributed by atoms with E-state index in [0.717, 1.165) is 40.9 Å². The molecule has 0 radical (unpaired) electrons. The average molecular weight is 646 g/mol. The lowest BCUT2D eigenvalue weighted by Crippen LogP contribution is -2.28. The number of benzene rings is 5. The van der Waals surface area contributed by atoms with E-state index in [4.69, 9.17) is 0 Å². The van der Waals surface area contributed by atoms with E-state index < -0.39 is 0 Å². The van der Waals surface area contributed by atoms with Gasteiger partial charge in [-0.15, -0.1) is 23.5 Å². The molecule has 9 heteroatoms. The topological polar surface area (TPSA) is 78.0 Å². The number of carbonyl (C=O) groups excluding carboxylic acids is 4. The average Bonchev–Trinajstić information content (AvgIpc) is 3.42. The molecule has 0 aliphatic carbocycles. The molecule has 0 bridgehead atoms. The van der Waals surface area contributed by atoms with Crippen molar-refractivity contribution in [3.05, 3.63) is 119 Å². The van der Waals surface area contributed by atoms with E-state index in [1.165, 1.54) is 51.0 Å². The zero-order chi connectivity index (χ0) is 31.9. The van der Waals surface area contributed by atoms with Crippen LogP contribution in [0.3, 0.4) is 0 Å². The first-order valence-electron chi connectivity index (χ1n) is 15.1. The number of carbonyl (C=O) groups is 4. The lowest BCUT2D eigenvalue weighted by Gasteiger charge is -2.24. The van der Waals surface area contributed by atoms with Gasteiger partial charge in [0.05, 0.1) is 22.3 Å². The van der Waals surface area contributed by atoms with Crippen LogP contribution in [0.15, 0.2) is 101 Å². The molecule has 0 fully saturated rings. The van der Waals surface area contributed by atoms with E-state index in [2.05, 4.69) is 59.5 Å². The van der Waals surface area contributed by atoms with Gasteiger partial charge < -0.3 is 0 Å². The summed E-state index contributed by atoms with van der Waals surface area (Å²) in [5.41, 5.74) is 3.14. The lowest BCUT2D eigenvalue weighted by molar-refractivity contribution is 0.0677. The molecule has 0 saturated carbocycles. The third kappa shape index (κ3) is 5.48. The van der Waals surface area contributed by atoms with Gasteiger partial charge >= 0.3 is 0 Å². The molecule has 230 valence electrons. The molecule has 0 unspecified atom stereocenters. The molecule has 2 heterocycles. The molecule has 0 aromatic heterocycles. The Kier molecular flexibility index (Phi) is 8.15. The van der Waals surface area contributed by atoms with Gasteiger partial charge in [-0.05, 0) is 69.6 Å². The summed E-state index contributed by atoms with van der Waals surface area (Å²) in [6, 6.07) is 30.3. The fraction of sp³-hybridized carbons (Fsp3) is 0.189. The lowest BCUT2D eigenvalue weighted by atomic mass is 9.96. The van der Waals surface area contributed by atoms with Crippen LogP contribution in [0.25, 0.3) is 21.5 Å². The van der Waals surface area contributed by atoms with Crippen molar-refractivity contribution < 1.29 is 19.2 Å². The molecule has 46 heavy (non-hydrogen) atoms. The third-order valence-corrected chi connectivity index (χ3v) is 10.7. The summed E-state index contributed by atoms with van der Waals surface area (Å²) in [6.07, 6.45) is 0. The van der Waals surface area contributed by atoms with Crippen molar-refractivity contribution in [2.24, 2.45) is 0 Å². The summed E-state index contributed by atoms with van der Waals surface area (Å²) in [5.74, 6) is 0.571. The first-order valence-corrected chi connectivity index (χ1v) is 17.1. The van der Waals surface area contributed by atoms with Crippen molar-refractivity contribution in [3.63, 3.8) is 0 Å². The maximum Gasteiger partial charge on any atom is 0.261 e. The summed E-state index contributed by atoms with van der Waals surface area (Å²) in [6.45, 7) is 2.36. The van der Waals surface area contributed by atoms with Crippen molar-refractivity contribution in [1.29, 1.82) is 0 Å². The van der Waals surface area contributed by atoms with Crippen molar-refractivity contribution in [3.8, 4) is 0 Å². The number of nitrogens with zero attached hydrogens (tertiary/aromatic N) is 3. The fourth-order valence-electron chi connectivity index (χ4n) is 6.22. The minimum absolute atomic E-state index is 0.256. The highest BCUT2D eigenvalue weighted by Gasteiger charge is 2.33. The smallest absolute Gasteiger partial charge is 0.261 e. The zero-order valence-corrected chi connectivity index (χ0v) is 27.1. The molecule has 7 rings (SSSR count). The van der Waals surface area contributed by atoms with E-state index in [1.807, 2.05) is 24.3 Å². The number of fused-ring (bicyclic) bond motifs is 4. The van der Waals surface area contributed by atoms with E-state index in [-0.39, 0.29) is 23.6 Å². The predicted molar refractivity (Wildman–Crippen MR) is 184 cm³/mol. The first kappa shape index (κ1) is 30.2. The van der Waals surface area contributed by atoms with Gasteiger partial charge in [0.25, 0.3) is 23.6 Å². The van der Waals surface area contributed by atoms with Crippen LogP contribution in [0.1, 0.15) is 47.0 Å². The van der Waals surface area contributed by atoms with Crippen LogP contribution in [0.5, 0.6) is 0 Å². The quantitative estimate of drug-likeness (QED) is 0.0936. The largest absolute Gasteiger partial charge is 0.297 e. The molecule has 2 aliphatic rings. The van der Waals surface area contributed by atoms with Gasteiger partial charge in [-0.25, -0.2) is 0 Å². The van der Waals surface area contributed by atoms with Gasteiger partial charge in [0.1, 0.15) is 0 Å². The van der Waals surface area contributed by atoms with Crippen LogP contribution < -0.4 is 0 Å². The molecular formula is C37H31N3O4S2. The highest BCUT2D eigenvalue weighted by molar-refractivity contribution is 7.99. The van der Waals surface area contributed by atoms with Crippen LogP contribution >= 0.6 is 23.5 Å². The Morgan fingerprint density at radius 1 is 0.543 bits per heavy atom. The van der Waals surface area contributed by atoms with Gasteiger partial charge in [0, 0.05) is 55.0 Å². The minimum Gasteiger partial charge on any atom is -0.297 e. The molecule has 7 nitrogen and oxygen atoms in total. The Bertz CT molecular complexity index is 1940. The molecule has 5 aromatic carbocycles. The van der Waals surface area contributed by atoms with Crippen LogP contribution in [0.4, 0.5) is 0 Å². The molecule has 0 N–H and O–H groups in total. The maximum absolute atomic E-state index is 12.6. The number of hydrogen-bond donors (Lipinski definition) is 0. The number of hydrogen-bond acceptors (Lipinski definition) is 7. The number of imide groups is 2. The van der Waals surface area contributed by atoms with Crippen molar-refractivity contribution >= 4 is 68.7 Å². The number of amides is 4. The highest BCUT2D eigenvalue weighted by atomic mass is 32.2. The van der Waals surface area contributed by atoms with E-state index >= 15 is 0 Å². The molecule has 5 aromatic rings. The Hall–Kier alpha value is -4.44. The minimum atomic E-state index is -0.256. The van der Waals surface area contributed by atoms with Crippen LogP contribution in [-0.4, -0.2) is 77.0 Å². The SMILES string of the molecule is CN1C(=O)c2ccc(SCCN(CCSc3ccc4c(c3)C(=O)N(C)C4=O)Cc3c4ccccc4cc4ccccc34)cc2C1=O. The summed E-state index contributed by atoms with van der Waals surface area (Å²) < 4.78 is 0. The highest BCUT2D eigenvalue weighted by Crippen LogP contribution is 2.32. The van der Waals surface area contributed by atoms with Gasteiger partial charge in [-0.3, -0.25) is 33.9 Å². The Morgan fingerprint density at radius 2 is 0.978 bits per heavy atom. The normalized spacial score (nSPS) is 14.3. The van der Waals surface area contributed by atoms with E-state index in [9.17, 15) is 19.2 Å². The van der Waals surface area contributed by atoms with Crippen LogP contribution in [-0.2, 0) is 6.54 Å². The molecule has 0 atom stereocenters. The van der Waals surface area contributed by atoms with Crippen molar-refractivity contribution in [2.75, 3.05) is 38.7 Å². The number of thioether (sulfide) groups is 2. The fourth-order valence-corrected chi connectivity index (χ4v) is 8.12. The van der Waals surface area contributed by atoms with Crippen LogP contribution in [0, 0.1) is 0 Å². The summed E-state index contributed by atoms with van der Waals surface area (Å²) in [4.78, 5) is 56.5. The molecule has 0 saturated heterocycles. The second-order valence-corrected chi connectivity index (χ2v) is 13.9. The van der Waals surface area contributed by atoms with Crippen LogP contribution in [0.2, 0.25) is 0 Å². The standard InChI is InChI=1S/C37H31N3O4S2/c1-38-34(41)29-13-11-25(20-31(29)36(38)43)45-17-15-40(16-18-46-26-12-14-30-32(21-26)37(44)39(2)35(30)42)22-33-27-9-5-3-7-23(27)19-24-8-4-6-10-28(24)33/h3-14,19-21H,15-18,22H2,1-2H3. The summed E-state index contributed by atoms with van der Waals surface area (Å²) in [5, 5.41) is 4.90. The van der Waals surface area contributed by atoms with Gasteiger partial charge in [-0.2, -0.15) is 0 Å². The van der Waals surface area contributed by atoms with Crippen molar-refractivity contribution in [2.45, 2.75) is 16.3 Å². The van der Waals surface area contributed by atoms with E-state index in [1.54, 1.807) is 35.7 Å².